The molecule has 0 aliphatic rings. The Balaban J connectivity index is 2.16. The smallest absolute Gasteiger partial charge is 0.142 e. The fourth-order valence-electron chi connectivity index (χ4n) is 1.95. The maximum Gasteiger partial charge on any atom is 0.142 e. The summed E-state index contributed by atoms with van der Waals surface area (Å²) in [5, 5.41) is 8.05. The Bertz CT molecular complexity index is 557. The molecule has 0 aliphatic carbocycles. The monoisotopic (exact) mass is 317 g/mol. The van der Waals surface area contributed by atoms with Gasteiger partial charge in [0.25, 0.3) is 0 Å². The molecule has 5 heteroatoms. The zero-order chi connectivity index (χ0) is 14.0. The summed E-state index contributed by atoms with van der Waals surface area (Å²) in [6.45, 7) is 4.02. The molecule has 0 aliphatic heterocycles. The van der Waals surface area contributed by atoms with E-state index in [2.05, 4.69) is 23.7 Å². The highest BCUT2D eigenvalue weighted by molar-refractivity contribution is 7.07. The van der Waals surface area contributed by atoms with E-state index in [4.69, 9.17) is 23.2 Å². The van der Waals surface area contributed by atoms with E-state index < -0.39 is 5.82 Å². The number of benzene rings is 1. The summed E-state index contributed by atoms with van der Waals surface area (Å²) in [4.78, 5) is 0. The Morgan fingerprint density at radius 1 is 1.16 bits per heavy atom. The van der Waals surface area contributed by atoms with Crippen molar-refractivity contribution in [2.24, 2.45) is 0 Å². The van der Waals surface area contributed by atoms with Crippen molar-refractivity contribution in [1.82, 2.24) is 5.32 Å². The molecule has 1 aromatic heterocycles. The van der Waals surface area contributed by atoms with Crippen molar-refractivity contribution in [3.63, 3.8) is 0 Å². The lowest BCUT2D eigenvalue weighted by molar-refractivity contribution is 0.493. The second-order valence-corrected chi connectivity index (χ2v) is 6.05. The van der Waals surface area contributed by atoms with Crippen LogP contribution in [-0.4, -0.2) is 0 Å². The minimum atomic E-state index is -0.446. The zero-order valence-electron chi connectivity index (χ0n) is 10.6. The van der Waals surface area contributed by atoms with E-state index in [1.165, 1.54) is 17.7 Å². The minimum absolute atomic E-state index is 0.0480. The second-order valence-electron chi connectivity index (χ2n) is 4.45. The van der Waals surface area contributed by atoms with Gasteiger partial charge in [0.15, 0.2) is 0 Å². The molecule has 0 saturated carbocycles. The van der Waals surface area contributed by atoms with E-state index in [1.807, 2.05) is 12.3 Å². The molecule has 2 atom stereocenters. The minimum Gasteiger partial charge on any atom is -0.304 e. The highest BCUT2D eigenvalue weighted by Gasteiger charge is 2.16. The Labute approximate surface area is 126 Å². The molecule has 1 N–H and O–H groups in total. The molecular weight excluding hydrogens is 304 g/mol. The number of nitrogens with one attached hydrogen (secondary N) is 1. The molecule has 1 nitrogen and oxygen atoms in total. The van der Waals surface area contributed by atoms with Crippen molar-refractivity contribution in [2.75, 3.05) is 0 Å². The average molecular weight is 318 g/mol. The molecule has 0 amide bonds. The van der Waals surface area contributed by atoms with E-state index in [9.17, 15) is 4.39 Å². The van der Waals surface area contributed by atoms with Crippen LogP contribution in [0.5, 0.6) is 0 Å². The van der Waals surface area contributed by atoms with Gasteiger partial charge in [0.2, 0.25) is 0 Å². The predicted molar refractivity (Wildman–Crippen MR) is 80.7 cm³/mol. The van der Waals surface area contributed by atoms with Gasteiger partial charge in [-0.15, -0.1) is 0 Å². The Morgan fingerprint density at radius 2 is 1.89 bits per heavy atom. The first kappa shape index (κ1) is 14.8. The van der Waals surface area contributed by atoms with Crippen molar-refractivity contribution in [1.29, 1.82) is 0 Å². The summed E-state index contributed by atoms with van der Waals surface area (Å²) in [6, 6.07) is 5.02. The molecule has 102 valence electrons. The average Bonchev–Trinajstić information content (AvgIpc) is 2.87. The second kappa shape index (κ2) is 6.23. The van der Waals surface area contributed by atoms with Gasteiger partial charge in [-0.25, -0.2) is 4.39 Å². The van der Waals surface area contributed by atoms with Crippen LogP contribution in [-0.2, 0) is 0 Å². The molecule has 0 saturated heterocycles. The summed E-state index contributed by atoms with van der Waals surface area (Å²) in [5.74, 6) is -0.446. The number of hydrogen-bond donors (Lipinski definition) is 1. The molecule has 0 spiro atoms. The topological polar surface area (TPSA) is 12.0 Å². The van der Waals surface area contributed by atoms with Crippen LogP contribution in [0, 0.1) is 5.82 Å². The molecule has 2 unspecified atom stereocenters. The molecular formula is C14H14Cl2FNS. The van der Waals surface area contributed by atoms with Crippen LogP contribution < -0.4 is 5.32 Å². The van der Waals surface area contributed by atoms with Crippen molar-refractivity contribution in [2.45, 2.75) is 25.9 Å². The molecule has 1 aromatic carbocycles. The maximum absolute atomic E-state index is 13.5. The Hall–Kier alpha value is -0.610. The largest absolute Gasteiger partial charge is 0.304 e. The fourth-order valence-corrected chi connectivity index (χ4v) is 3.25. The van der Waals surface area contributed by atoms with Gasteiger partial charge in [-0.3, -0.25) is 0 Å². The van der Waals surface area contributed by atoms with Gasteiger partial charge >= 0.3 is 0 Å². The lowest BCUT2D eigenvalue weighted by Gasteiger charge is -2.21. The quantitative estimate of drug-likeness (QED) is 0.723. The lowest BCUT2D eigenvalue weighted by atomic mass is 10.1. The summed E-state index contributed by atoms with van der Waals surface area (Å²) >= 11 is 13.5. The summed E-state index contributed by atoms with van der Waals surface area (Å²) in [6.07, 6.45) is 0. The SMILES string of the molecule is CC(NC(C)c1cc(F)c(Cl)cc1Cl)c1ccsc1. The van der Waals surface area contributed by atoms with Crippen molar-refractivity contribution < 1.29 is 4.39 Å². The van der Waals surface area contributed by atoms with Gasteiger partial charge in [0, 0.05) is 17.1 Å². The van der Waals surface area contributed by atoms with Crippen molar-refractivity contribution in [3.8, 4) is 0 Å². The van der Waals surface area contributed by atoms with Crippen molar-refractivity contribution in [3.05, 3.63) is 55.9 Å². The normalized spacial score (nSPS) is 14.4. The maximum atomic E-state index is 13.5. The van der Waals surface area contributed by atoms with E-state index in [1.54, 1.807) is 11.3 Å². The third kappa shape index (κ3) is 3.48. The Kier molecular flexibility index (Phi) is 4.85. The Morgan fingerprint density at radius 3 is 2.53 bits per heavy atom. The van der Waals surface area contributed by atoms with Gasteiger partial charge in [-0.05, 0) is 53.9 Å². The predicted octanol–water partition coefficient (Wildman–Crippen LogP) is 5.61. The van der Waals surface area contributed by atoms with Gasteiger partial charge in [0.05, 0.1) is 5.02 Å². The summed E-state index contributed by atoms with van der Waals surface area (Å²) < 4.78 is 13.5. The lowest BCUT2D eigenvalue weighted by Crippen LogP contribution is -2.22. The van der Waals surface area contributed by atoms with Crippen LogP contribution in [0.25, 0.3) is 0 Å². The first-order valence-electron chi connectivity index (χ1n) is 5.91. The molecule has 0 fully saturated rings. The molecule has 0 radical (unpaired) electrons. The van der Waals surface area contributed by atoms with Crippen LogP contribution in [0.1, 0.15) is 37.1 Å². The summed E-state index contributed by atoms with van der Waals surface area (Å²) in [7, 11) is 0. The van der Waals surface area contributed by atoms with Crippen molar-refractivity contribution >= 4 is 34.5 Å². The van der Waals surface area contributed by atoms with Crippen LogP contribution >= 0.6 is 34.5 Å². The van der Waals surface area contributed by atoms with E-state index in [-0.39, 0.29) is 17.1 Å². The summed E-state index contributed by atoms with van der Waals surface area (Å²) in [5.41, 5.74) is 1.92. The third-order valence-electron chi connectivity index (χ3n) is 3.05. The first-order valence-corrected chi connectivity index (χ1v) is 7.61. The van der Waals surface area contributed by atoms with Crippen LogP contribution in [0.15, 0.2) is 29.0 Å². The van der Waals surface area contributed by atoms with Gasteiger partial charge in [0.1, 0.15) is 5.82 Å². The number of thiophene rings is 1. The first-order chi connectivity index (χ1) is 8.99. The van der Waals surface area contributed by atoms with Gasteiger partial charge in [-0.2, -0.15) is 11.3 Å². The molecule has 19 heavy (non-hydrogen) atoms. The zero-order valence-corrected chi connectivity index (χ0v) is 12.9. The highest BCUT2D eigenvalue weighted by atomic mass is 35.5. The standard InChI is InChI=1S/C14H14Cl2FNS/c1-8(10-3-4-19-7-10)18-9(2)11-5-14(17)13(16)6-12(11)15/h3-9,18H,1-2H3. The van der Waals surface area contributed by atoms with E-state index in [0.717, 1.165) is 0 Å². The molecule has 2 rings (SSSR count). The number of hydrogen-bond acceptors (Lipinski definition) is 2. The van der Waals surface area contributed by atoms with Crippen LogP contribution in [0.4, 0.5) is 4.39 Å². The van der Waals surface area contributed by atoms with Gasteiger partial charge in [-0.1, -0.05) is 23.2 Å². The van der Waals surface area contributed by atoms with E-state index >= 15 is 0 Å². The van der Waals surface area contributed by atoms with Crippen LogP contribution in [0.2, 0.25) is 10.0 Å². The molecule has 1 heterocycles. The van der Waals surface area contributed by atoms with E-state index in [0.29, 0.717) is 10.6 Å². The molecule has 2 aromatic rings. The number of halogens is 3. The highest BCUT2D eigenvalue weighted by Crippen LogP contribution is 2.30. The van der Waals surface area contributed by atoms with Crippen LogP contribution in [0.3, 0.4) is 0 Å². The third-order valence-corrected chi connectivity index (χ3v) is 4.37. The van der Waals surface area contributed by atoms with Gasteiger partial charge < -0.3 is 5.32 Å². The molecule has 0 bridgehead atoms. The fraction of sp³-hybridized carbons (Fsp3) is 0.286. The number of rotatable bonds is 4.